The van der Waals surface area contributed by atoms with Crippen LogP contribution in [-0.2, 0) is 4.79 Å². The van der Waals surface area contributed by atoms with Crippen molar-refractivity contribution < 1.29 is 14.3 Å². The van der Waals surface area contributed by atoms with E-state index in [1.807, 2.05) is 36.4 Å². The maximum Gasteiger partial charge on any atom is 0.346 e. The van der Waals surface area contributed by atoms with Crippen molar-refractivity contribution in [1.29, 1.82) is 0 Å². The average Bonchev–Trinajstić information content (AvgIpc) is 3.18. The van der Waals surface area contributed by atoms with Gasteiger partial charge in [-0.3, -0.25) is 4.79 Å². The van der Waals surface area contributed by atoms with Crippen LogP contribution in [0.4, 0.5) is 5.69 Å². The third-order valence-electron chi connectivity index (χ3n) is 6.13. The van der Waals surface area contributed by atoms with Gasteiger partial charge in [0.05, 0.1) is 21.3 Å². The van der Waals surface area contributed by atoms with Gasteiger partial charge < -0.3 is 14.4 Å². The molecule has 4 aromatic rings. The van der Waals surface area contributed by atoms with Gasteiger partial charge >= 0.3 is 11.6 Å². The van der Waals surface area contributed by atoms with Crippen molar-refractivity contribution in [3.8, 4) is 10.6 Å². The van der Waals surface area contributed by atoms with Gasteiger partial charge in [-0.2, -0.15) is 0 Å². The number of anilines is 1. The van der Waals surface area contributed by atoms with Crippen LogP contribution in [-0.4, -0.2) is 28.1 Å². The summed E-state index contributed by atoms with van der Waals surface area (Å²) >= 11 is 1.48. The zero-order chi connectivity index (χ0) is 23.3. The normalized spacial score (nSPS) is 15.0. The average molecular weight is 461 g/mol. The second-order valence-electron chi connectivity index (χ2n) is 8.97. The van der Waals surface area contributed by atoms with E-state index >= 15 is 0 Å². The molecule has 0 aliphatic carbocycles. The second kappa shape index (κ2) is 7.85. The Balaban J connectivity index is 1.62. The first kappa shape index (κ1) is 21.4. The van der Waals surface area contributed by atoms with Crippen molar-refractivity contribution in [1.82, 2.24) is 4.98 Å². The smallest absolute Gasteiger partial charge is 0.346 e. The third-order valence-corrected chi connectivity index (χ3v) is 7.20. The SMILES string of the molecule is CC1=CC(C)(C)N(CCCC(=O)O)c2cc3oc(=O)c(-c4nc5ccccc5s4)cc3cc21. The lowest BCUT2D eigenvalue weighted by atomic mass is 9.88. The monoisotopic (exact) mass is 460 g/mol. The van der Waals surface area contributed by atoms with Crippen LogP contribution in [0, 0.1) is 0 Å². The number of thiazole rings is 1. The van der Waals surface area contributed by atoms with E-state index in [0.717, 1.165) is 32.4 Å². The van der Waals surface area contributed by atoms with Crippen molar-refractivity contribution in [3.05, 3.63) is 64.5 Å². The van der Waals surface area contributed by atoms with E-state index in [4.69, 9.17) is 9.52 Å². The Labute approximate surface area is 194 Å². The highest BCUT2D eigenvalue weighted by Crippen LogP contribution is 2.41. The lowest BCUT2D eigenvalue weighted by Crippen LogP contribution is -2.45. The number of para-hydroxylation sites is 1. The fourth-order valence-corrected chi connectivity index (χ4v) is 5.59. The van der Waals surface area contributed by atoms with Crippen LogP contribution in [0.1, 0.15) is 39.2 Å². The molecule has 1 aliphatic rings. The Kier molecular flexibility index (Phi) is 5.09. The molecule has 2 aromatic heterocycles. The number of hydrogen-bond acceptors (Lipinski definition) is 6. The van der Waals surface area contributed by atoms with Gasteiger partial charge in [-0.25, -0.2) is 9.78 Å². The summed E-state index contributed by atoms with van der Waals surface area (Å²) in [7, 11) is 0. The maximum absolute atomic E-state index is 12.9. The lowest BCUT2D eigenvalue weighted by molar-refractivity contribution is -0.137. The van der Waals surface area contributed by atoms with E-state index in [1.165, 1.54) is 11.3 Å². The predicted octanol–water partition coefficient (Wildman–Crippen LogP) is 5.94. The molecule has 0 bridgehead atoms. The van der Waals surface area contributed by atoms with Crippen LogP contribution in [0.15, 0.2) is 57.8 Å². The number of fused-ring (bicyclic) bond motifs is 3. The maximum atomic E-state index is 12.9. The van der Waals surface area contributed by atoms with E-state index in [2.05, 4.69) is 42.8 Å². The van der Waals surface area contributed by atoms with E-state index in [9.17, 15) is 9.59 Å². The molecule has 0 atom stereocenters. The predicted molar refractivity (Wildman–Crippen MR) is 133 cm³/mol. The lowest BCUT2D eigenvalue weighted by Gasteiger charge is -2.43. The van der Waals surface area contributed by atoms with Gasteiger partial charge in [-0.05, 0) is 57.0 Å². The van der Waals surface area contributed by atoms with Crippen molar-refractivity contribution in [2.24, 2.45) is 0 Å². The molecular formula is C26H24N2O4S. The van der Waals surface area contributed by atoms with Crippen molar-refractivity contribution >= 4 is 49.8 Å². The Morgan fingerprint density at radius 1 is 1.18 bits per heavy atom. The van der Waals surface area contributed by atoms with Crippen LogP contribution >= 0.6 is 11.3 Å². The molecular weight excluding hydrogens is 436 g/mol. The van der Waals surface area contributed by atoms with E-state index in [1.54, 1.807) is 0 Å². The number of carbonyl (C=O) groups is 1. The summed E-state index contributed by atoms with van der Waals surface area (Å²) in [5, 5.41) is 10.5. The number of carboxylic acids is 1. The Morgan fingerprint density at radius 3 is 2.70 bits per heavy atom. The van der Waals surface area contributed by atoms with Gasteiger partial charge in [-0.15, -0.1) is 11.3 Å². The fourth-order valence-electron chi connectivity index (χ4n) is 4.62. The summed E-state index contributed by atoms with van der Waals surface area (Å²) in [4.78, 5) is 30.8. The van der Waals surface area contributed by atoms with Gasteiger partial charge in [0, 0.05) is 35.7 Å². The van der Waals surface area contributed by atoms with Gasteiger partial charge in [0.25, 0.3) is 0 Å². The number of hydrogen-bond donors (Lipinski definition) is 1. The Bertz CT molecular complexity index is 1460. The molecule has 1 aliphatic heterocycles. The van der Waals surface area contributed by atoms with Gasteiger partial charge in [0.15, 0.2) is 0 Å². The highest BCUT2D eigenvalue weighted by molar-refractivity contribution is 7.21. The van der Waals surface area contributed by atoms with Crippen LogP contribution in [0.3, 0.4) is 0 Å². The molecule has 168 valence electrons. The third kappa shape index (κ3) is 3.82. The number of benzene rings is 2. The zero-order valence-electron chi connectivity index (χ0n) is 18.7. The fraction of sp³-hybridized carbons (Fsp3) is 0.269. The van der Waals surface area contributed by atoms with Crippen LogP contribution < -0.4 is 10.5 Å². The Morgan fingerprint density at radius 2 is 1.94 bits per heavy atom. The second-order valence-corrected chi connectivity index (χ2v) is 10.0. The summed E-state index contributed by atoms with van der Waals surface area (Å²) in [5.41, 5.74) is 4.28. The number of carboxylic acid groups (broad SMARTS) is 1. The molecule has 5 rings (SSSR count). The number of aromatic nitrogens is 1. The summed E-state index contributed by atoms with van der Waals surface area (Å²) in [6.07, 6.45) is 2.85. The van der Waals surface area contributed by atoms with Crippen molar-refractivity contribution in [2.75, 3.05) is 11.4 Å². The minimum atomic E-state index is -0.802. The molecule has 0 spiro atoms. The first-order chi connectivity index (χ1) is 15.7. The van der Waals surface area contributed by atoms with Crippen LogP contribution in [0.2, 0.25) is 0 Å². The largest absolute Gasteiger partial charge is 0.481 e. The van der Waals surface area contributed by atoms with E-state index in [0.29, 0.717) is 29.1 Å². The summed E-state index contributed by atoms with van der Waals surface area (Å²) in [6.45, 7) is 6.89. The minimum absolute atomic E-state index is 0.110. The number of aliphatic carboxylic acids is 1. The Hall–Kier alpha value is -3.45. The number of allylic oxidation sites excluding steroid dienone is 1. The van der Waals surface area contributed by atoms with Crippen molar-refractivity contribution in [2.45, 2.75) is 39.2 Å². The molecule has 1 N–H and O–H groups in total. The molecule has 2 aromatic carbocycles. The van der Waals surface area contributed by atoms with Gasteiger partial charge in [-0.1, -0.05) is 18.2 Å². The van der Waals surface area contributed by atoms with E-state index < -0.39 is 11.6 Å². The summed E-state index contributed by atoms with van der Waals surface area (Å²) < 4.78 is 6.80. The molecule has 0 saturated carbocycles. The molecule has 0 amide bonds. The number of nitrogens with zero attached hydrogens (tertiary/aromatic N) is 2. The molecule has 6 nitrogen and oxygen atoms in total. The first-order valence-electron chi connectivity index (χ1n) is 10.9. The molecule has 0 unspecified atom stereocenters. The quantitative estimate of drug-likeness (QED) is 0.371. The van der Waals surface area contributed by atoms with Gasteiger partial charge in [0.1, 0.15) is 10.6 Å². The first-order valence-corrected chi connectivity index (χ1v) is 11.7. The number of rotatable bonds is 5. The molecule has 0 fully saturated rings. The molecule has 7 heteroatoms. The van der Waals surface area contributed by atoms with Crippen LogP contribution in [0.5, 0.6) is 0 Å². The standard InChI is InChI=1S/C26H24N2O4S/c1-15-14-26(2,3)28(10-6-9-23(29)30)20-13-21-16(11-17(15)20)12-18(25(31)32-21)24-27-19-7-4-5-8-22(19)33-24/h4-5,7-8,11-14H,6,9-10H2,1-3H3,(H,29,30). The molecule has 0 radical (unpaired) electrons. The van der Waals surface area contributed by atoms with Crippen molar-refractivity contribution in [3.63, 3.8) is 0 Å². The van der Waals surface area contributed by atoms with Crippen LogP contribution in [0.25, 0.3) is 37.3 Å². The highest BCUT2D eigenvalue weighted by atomic mass is 32.1. The minimum Gasteiger partial charge on any atom is -0.481 e. The molecule has 33 heavy (non-hydrogen) atoms. The van der Waals surface area contributed by atoms with Gasteiger partial charge in [0.2, 0.25) is 0 Å². The molecule has 3 heterocycles. The zero-order valence-corrected chi connectivity index (χ0v) is 19.5. The topological polar surface area (TPSA) is 83.6 Å². The summed E-state index contributed by atoms with van der Waals surface area (Å²) in [6, 6.07) is 13.6. The molecule has 0 saturated heterocycles. The van der Waals surface area contributed by atoms with E-state index in [-0.39, 0.29) is 12.0 Å². The highest BCUT2D eigenvalue weighted by Gasteiger charge is 2.31. The summed E-state index contributed by atoms with van der Waals surface area (Å²) in [5.74, 6) is -0.802.